The standard InChI is InChI=1S/C12H17FN2O/c13-11-3-1-10(2-4-11)7-12(8-14)9-15-5-6-16-12/h1-4,15H,5-9,14H2. The number of halogens is 1. The Morgan fingerprint density at radius 2 is 2.12 bits per heavy atom. The molecule has 2 rings (SSSR count). The molecule has 0 spiro atoms. The number of rotatable bonds is 3. The quantitative estimate of drug-likeness (QED) is 0.794. The molecule has 0 aromatic heterocycles. The van der Waals surface area contributed by atoms with Gasteiger partial charge >= 0.3 is 0 Å². The van der Waals surface area contributed by atoms with Crippen molar-refractivity contribution < 1.29 is 9.13 Å². The van der Waals surface area contributed by atoms with Crippen LogP contribution in [0.25, 0.3) is 0 Å². The maximum atomic E-state index is 12.8. The molecule has 1 unspecified atom stereocenters. The topological polar surface area (TPSA) is 47.3 Å². The minimum atomic E-state index is -0.337. The fourth-order valence-electron chi connectivity index (χ4n) is 2.00. The summed E-state index contributed by atoms with van der Waals surface area (Å²) in [6.45, 7) is 2.77. The molecule has 0 radical (unpaired) electrons. The summed E-state index contributed by atoms with van der Waals surface area (Å²) >= 11 is 0. The Hall–Kier alpha value is -0.970. The zero-order chi connectivity index (χ0) is 11.4. The number of ether oxygens (including phenoxy) is 1. The Morgan fingerprint density at radius 3 is 2.69 bits per heavy atom. The molecule has 1 saturated heterocycles. The lowest BCUT2D eigenvalue weighted by molar-refractivity contribution is -0.0584. The van der Waals surface area contributed by atoms with Gasteiger partial charge in [0.05, 0.1) is 12.2 Å². The minimum Gasteiger partial charge on any atom is -0.371 e. The highest BCUT2D eigenvalue weighted by Gasteiger charge is 2.31. The monoisotopic (exact) mass is 224 g/mol. The third kappa shape index (κ3) is 2.58. The molecule has 88 valence electrons. The van der Waals surface area contributed by atoms with Crippen LogP contribution in [0.3, 0.4) is 0 Å². The predicted molar refractivity (Wildman–Crippen MR) is 60.7 cm³/mol. The van der Waals surface area contributed by atoms with E-state index >= 15 is 0 Å². The molecular formula is C12H17FN2O. The molecule has 4 heteroatoms. The highest BCUT2D eigenvalue weighted by Crippen LogP contribution is 2.19. The first-order valence-electron chi connectivity index (χ1n) is 5.53. The normalized spacial score (nSPS) is 25.6. The summed E-state index contributed by atoms with van der Waals surface area (Å²) in [5, 5.41) is 3.28. The largest absolute Gasteiger partial charge is 0.371 e. The summed E-state index contributed by atoms with van der Waals surface area (Å²) in [4.78, 5) is 0. The minimum absolute atomic E-state index is 0.215. The second kappa shape index (κ2) is 4.91. The van der Waals surface area contributed by atoms with E-state index in [1.165, 1.54) is 12.1 Å². The van der Waals surface area contributed by atoms with E-state index in [-0.39, 0.29) is 11.4 Å². The average Bonchev–Trinajstić information content (AvgIpc) is 2.33. The van der Waals surface area contributed by atoms with Crippen LogP contribution in [0.4, 0.5) is 4.39 Å². The Kier molecular flexibility index (Phi) is 3.53. The summed E-state index contributed by atoms with van der Waals surface area (Å²) < 4.78 is 18.5. The summed E-state index contributed by atoms with van der Waals surface area (Å²) in [5.41, 5.74) is 6.49. The highest BCUT2D eigenvalue weighted by molar-refractivity contribution is 5.19. The van der Waals surface area contributed by atoms with E-state index in [0.717, 1.165) is 25.1 Å². The maximum Gasteiger partial charge on any atom is 0.123 e. The average molecular weight is 224 g/mol. The van der Waals surface area contributed by atoms with Crippen molar-refractivity contribution >= 4 is 0 Å². The van der Waals surface area contributed by atoms with Crippen LogP contribution in [0.5, 0.6) is 0 Å². The molecule has 0 aliphatic carbocycles. The third-order valence-corrected chi connectivity index (χ3v) is 2.95. The van der Waals surface area contributed by atoms with Gasteiger partial charge in [-0.2, -0.15) is 0 Å². The van der Waals surface area contributed by atoms with E-state index < -0.39 is 0 Å². The summed E-state index contributed by atoms with van der Waals surface area (Å²) in [6.07, 6.45) is 0.719. The van der Waals surface area contributed by atoms with E-state index in [1.807, 2.05) is 0 Å². The van der Waals surface area contributed by atoms with Crippen molar-refractivity contribution in [2.75, 3.05) is 26.2 Å². The molecule has 3 N–H and O–H groups in total. The van der Waals surface area contributed by atoms with Gasteiger partial charge in [-0.25, -0.2) is 4.39 Å². The van der Waals surface area contributed by atoms with E-state index in [4.69, 9.17) is 10.5 Å². The maximum absolute atomic E-state index is 12.8. The molecule has 0 saturated carbocycles. The number of nitrogens with two attached hydrogens (primary N) is 1. The van der Waals surface area contributed by atoms with Crippen LogP contribution < -0.4 is 11.1 Å². The lowest BCUT2D eigenvalue weighted by Crippen LogP contribution is -2.55. The Bertz CT molecular complexity index is 333. The van der Waals surface area contributed by atoms with Crippen LogP contribution in [0.15, 0.2) is 24.3 Å². The molecule has 1 aromatic rings. The summed E-state index contributed by atoms with van der Waals surface area (Å²) in [6, 6.07) is 6.50. The molecule has 16 heavy (non-hydrogen) atoms. The molecule has 1 aromatic carbocycles. The van der Waals surface area contributed by atoms with Crippen molar-refractivity contribution in [2.24, 2.45) is 5.73 Å². The highest BCUT2D eigenvalue weighted by atomic mass is 19.1. The second-order valence-electron chi connectivity index (χ2n) is 4.22. The van der Waals surface area contributed by atoms with Crippen LogP contribution in [-0.2, 0) is 11.2 Å². The second-order valence-corrected chi connectivity index (χ2v) is 4.22. The van der Waals surface area contributed by atoms with E-state index in [2.05, 4.69) is 5.32 Å². The van der Waals surface area contributed by atoms with Gasteiger partial charge in [-0.05, 0) is 17.7 Å². The first-order valence-corrected chi connectivity index (χ1v) is 5.53. The number of hydrogen-bond donors (Lipinski definition) is 2. The van der Waals surface area contributed by atoms with Crippen molar-refractivity contribution in [3.63, 3.8) is 0 Å². The molecule has 0 bridgehead atoms. The zero-order valence-corrected chi connectivity index (χ0v) is 9.21. The molecule has 1 aliphatic rings. The van der Waals surface area contributed by atoms with Gasteiger partial charge in [0.1, 0.15) is 5.82 Å². The van der Waals surface area contributed by atoms with Gasteiger partial charge in [0.2, 0.25) is 0 Å². The van der Waals surface area contributed by atoms with E-state index in [1.54, 1.807) is 12.1 Å². The van der Waals surface area contributed by atoms with Crippen LogP contribution in [0.2, 0.25) is 0 Å². The van der Waals surface area contributed by atoms with Gasteiger partial charge in [-0.3, -0.25) is 0 Å². The zero-order valence-electron chi connectivity index (χ0n) is 9.21. The van der Waals surface area contributed by atoms with Gasteiger partial charge in [0, 0.05) is 26.1 Å². The Balaban J connectivity index is 2.08. The van der Waals surface area contributed by atoms with Crippen molar-refractivity contribution in [3.05, 3.63) is 35.6 Å². The Morgan fingerprint density at radius 1 is 1.38 bits per heavy atom. The number of morpholine rings is 1. The third-order valence-electron chi connectivity index (χ3n) is 2.95. The van der Waals surface area contributed by atoms with Crippen molar-refractivity contribution in [1.29, 1.82) is 0 Å². The van der Waals surface area contributed by atoms with Gasteiger partial charge in [0.25, 0.3) is 0 Å². The van der Waals surface area contributed by atoms with Gasteiger partial charge in [-0.1, -0.05) is 12.1 Å². The first kappa shape index (κ1) is 11.5. The predicted octanol–water partition coefficient (Wildman–Crippen LogP) is 0.685. The molecule has 1 atom stereocenters. The number of benzene rings is 1. The first-order chi connectivity index (χ1) is 7.74. The van der Waals surface area contributed by atoms with Crippen LogP contribution >= 0.6 is 0 Å². The van der Waals surface area contributed by atoms with Gasteiger partial charge in [-0.15, -0.1) is 0 Å². The smallest absolute Gasteiger partial charge is 0.123 e. The van der Waals surface area contributed by atoms with E-state index in [0.29, 0.717) is 13.2 Å². The molecule has 1 heterocycles. The van der Waals surface area contributed by atoms with Crippen LogP contribution in [-0.4, -0.2) is 31.8 Å². The lowest BCUT2D eigenvalue weighted by Gasteiger charge is -2.37. The number of nitrogens with one attached hydrogen (secondary N) is 1. The fraction of sp³-hybridized carbons (Fsp3) is 0.500. The van der Waals surface area contributed by atoms with E-state index in [9.17, 15) is 4.39 Å². The van der Waals surface area contributed by atoms with Gasteiger partial charge in [0.15, 0.2) is 0 Å². The molecule has 1 aliphatic heterocycles. The van der Waals surface area contributed by atoms with Gasteiger partial charge < -0.3 is 15.8 Å². The summed E-state index contributed by atoms with van der Waals surface area (Å²) in [7, 11) is 0. The number of hydrogen-bond acceptors (Lipinski definition) is 3. The summed E-state index contributed by atoms with van der Waals surface area (Å²) in [5.74, 6) is -0.215. The fourth-order valence-corrected chi connectivity index (χ4v) is 2.00. The van der Waals surface area contributed by atoms with Crippen LogP contribution in [0, 0.1) is 5.82 Å². The molecule has 0 amide bonds. The SMILES string of the molecule is NCC1(Cc2ccc(F)cc2)CNCCO1. The molecule has 3 nitrogen and oxygen atoms in total. The van der Waals surface area contributed by atoms with Crippen molar-refractivity contribution in [3.8, 4) is 0 Å². The Labute approximate surface area is 94.8 Å². The molecular weight excluding hydrogens is 207 g/mol. The van der Waals surface area contributed by atoms with Crippen molar-refractivity contribution in [1.82, 2.24) is 5.32 Å². The molecule has 1 fully saturated rings. The van der Waals surface area contributed by atoms with Crippen molar-refractivity contribution in [2.45, 2.75) is 12.0 Å². The van der Waals surface area contributed by atoms with Crippen LogP contribution in [0.1, 0.15) is 5.56 Å². The lowest BCUT2D eigenvalue weighted by atomic mass is 9.93.